The van der Waals surface area contributed by atoms with E-state index in [1.807, 2.05) is 24.3 Å². The molecule has 140 valence electrons. The molecule has 1 amide bonds. The van der Waals surface area contributed by atoms with Crippen LogP contribution in [-0.2, 0) is 26.1 Å². The van der Waals surface area contributed by atoms with E-state index in [9.17, 15) is 9.00 Å². The lowest BCUT2D eigenvalue weighted by molar-refractivity contribution is -0.132. The van der Waals surface area contributed by atoms with E-state index in [1.54, 1.807) is 18.9 Å². The summed E-state index contributed by atoms with van der Waals surface area (Å²) >= 11 is 0. The molecule has 7 nitrogen and oxygen atoms in total. The number of hydrogen-bond donors (Lipinski definition) is 0. The molecular weight excluding hydrogens is 356 g/mol. The van der Waals surface area contributed by atoms with Crippen LogP contribution >= 0.6 is 0 Å². The maximum absolute atomic E-state index is 12.4. The minimum Gasteiger partial charge on any atom is -0.497 e. The zero-order valence-electron chi connectivity index (χ0n) is 14.9. The van der Waals surface area contributed by atoms with Gasteiger partial charge in [0, 0.05) is 29.5 Å². The molecule has 1 aliphatic rings. The van der Waals surface area contributed by atoms with E-state index >= 15 is 0 Å². The first kappa shape index (κ1) is 18.6. The second-order valence-electron chi connectivity index (χ2n) is 5.97. The standard InChI is InChI=1S/C18H22N2O5S/c1-13-16(11-26(22)12-17(21)20-7-9-24-10-8-20)19-18(25-13)14-3-5-15(23-2)6-4-14/h3-6H,7-12H2,1-2H3/t26-/m1/s1. The van der Waals surface area contributed by atoms with Crippen LogP contribution in [0.4, 0.5) is 0 Å². The molecular formula is C18H22N2O5S. The number of rotatable bonds is 6. The summed E-state index contributed by atoms with van der Waals surface area (Å²) in [5, 5.41) is 0. The Morgan fingerprint density at radius 2 is 1.96 bits per heavy atom. The van der Waals surface area contributed by atoms with Gasteiger partial charge in [-0.25, -0.2) is 4.98 Å². The Bertz CT molecular complexity index is 781. The fourth-order valence-corrected chi connectivity index (χ4v) is 3.80. The fraction of sp³-hybridized carbons (Fsp3) is 0.444. The van der Waals surface area contributed by atoms with E-state index in [2.05, 4.69) is 4.98 Å². The number of aromatic nitrogens is 1. The molecule has 0 aliphatic carbocycles. The lowest BCUT2D eigenvalue weighted by atomic mass is 10.2. The smallest absolute Gasteiger partial charge is 0.235 e. The summed E-state index contributed by atoms with van der Waals surface area (Å²) in [6, 6.07) is 7.36. The van der Waals surface area contributed by atoms with Gasteiger partial charge in [-0.2, -0.15) is 0 Å². The van der Waals surface area contributed by atoms with Crippen LogP contribution in [0.15, 0.2) is 28.7 Å². The highest BCUT2D eigenvalue weighted by Crippen LogP contribution is 2.24. The Balaban J connectivity index is 1.63. The zero-order valence-corrected chi connectivity index (χ0v) is 15.7. The van der Waals surface area contributed by atoms with E-state index in [0.717, 1.165) is 11.3 Å². The van der Waals surface area contributed by atoms with Crippen molar-refractivity contribution in [3.8, 4) is 17.2 Å². The van der Waals surface area contributed by atoms with Crippen molar-refractivity contribution < 1.29 is 22.9 Å². The molecule has 0 saturated carbocycles. The van der Waals surface area contributed by atoms with Crippen LogP contribution in [0.5, 0.6) is 5.75 Å². The first-order valence-electron chi connectivity index (χ1n) is 8.38. The van der Waals surface area contributed by atoms with Crippen LogP contribution in [0.2, 0.25) is 0 Å². The van der Waals surface area contributed by atoms with Crippen LogP contribution < -0.4 is 4.74 Å². The van der Waals surface area contributed by atoms with E-state index < -0.39 is 10.8 Å². The van der Waals surface area contributed by atoms with Gasteiger partial charge in [-0.05, 0) is 31.2 Å². The normalized spacial score (nSPS) is 15.7. The van der Waals surface area contributed by atoms with Gasteiger partial charge in [0.15, 0.2) is 0 Å². The van der Waals surface area contributed by atoms with E-state index in [4.69, 9.17) is 13.9 Å². The molecule has 3 rings (SSSR count). The van der Waals surface area contributed by atoms with E-state index in [0.29, 0.717) is 43.6 Å². The molecule has 0 radical (unpaired) electrons. The fourth-order valence-electron chi connectivity index (χ4n) is 2.66. The molecule has 0 N–H and O–H groups in total. The quantitative estimate of drug-likeness (QED) is 0.762. The average molecular weight is 378 g/mol. The second kappa shape index (κ2) is 8.46. The third kappa shape index (κ3) is 4.50. The first-order chi connectivity index (χ1) is 12.6. The molecule has 1 aromatic heterocycles. The number of carbonyl (C=O) groups is 1. The zero-order chi connectivity index (χ0) is 18.5. The highest BCUT2D eigenvalue weighted by Gasteiger charge is 2.21. The first-order valence-corrected chi connectivity index (χ1v) is 9.87. The molecule has 0 spiro atoms. The third-order valence-corrected chi connectivity index (χ3v) is 5.34. The van der Waals surface area contributed by atoms with Gasteiger partial charge < -0.3 is 18.8 Å². The average Bonchev–Trinajstić information content (AvgIpc) is 3.02. The number of methoxy groups -OCH3 is 1. The lowest BCUT2D eigenvalue weighted by Gasteiger charge is -2.26. The van der Waals surface area contributed by atoms with Gasteiger partial charge in [0.05, 0.1) is 31.8 Å². The monoisotopic (exact) mass is 378 g/mol. The predicted octanol–water partition coefficient (Wildman–Crippen LogP) is 1.77. The van der Waals surface area contributed by atoms with Crippen molar-refractivity contribution in [3.63, 3.8) is 0 Å². The Labute approximate surface area is 154 Å². The second-order valence-corrected chi connectivity index (χ2v) is 7.43. The molecule has 1 atom stereocenters. The Morgan fingerprint density at radius 1 is 1.27 bits per heavy atom. The molecule has 1 fully saturated rings. The van der Waals surface area contributed by atoms with Gasteiger partial charge in [-0.1, -0.05) is 0 Å². The van der Waals surface area contributed by atoms with Crippen LogP contribution in [0.1, 0.15) is 11.5 Å². The summed E-state index contributed by atoms with van der Waals surface area (Å²) in [7, 11) is 0.271. The minimum absolute atomic E-state index is 0.00975. The van der Waals surface area contributed by atoms with Gasteiger partial charge in [-0.3, -0.25) is 9.00 Å². The molecule has 1 aromatic carbocycles. The molecule has 8 heteroatoms. The molecule has 0 unspecified atom stereocenters. The highest BCUT2D eigenvalue weighted by atomic mass is 32.2. The molecule has 0 bridgehead atoms. The van der Waals surface area contributed by atoms with E-state index in [-0.39, 0.29) is 17.4 Å². The topological polar surface area (TPSA) is 81.9 Å². The van der Waals surface area contributed by atoms with Crippen molar-refractivity contribution in [2.24, 2.45) is 0 Å². The van der Waals surface area contributed by atoms with Crippen LogP contribution in [0.25, 0.3) is 11.5 Å². The number of hydrogen-bond acceptors (Lipinski definition) is 6. The van der Waals surface area contributed by atoms with Crippen LogP contribution in [0, 0.1) is 6.92 Å². The van der Waals surface area contributed by atoms with Gasteiger partial charge >= 0.3 is 0 Å². The van der Waals surface area contributed by atoms with Crippen molar-refractivity contribution >= 4 is 16.7 Å². The molecule has 2 aromatic rings. The Hall–Kier alpha value is -2.19. The van der Waals surface area contributed by atoms with Crippen molar-refractivity contribution in [2.75, 3.05) is 39.2 Å². The van der Waals surface area contributed by atoms with Crippen LogP contribution in [0.3, 0.4) is 0 Å². The number of morpholine rings is 1. The predicted molar refractivity (Wildman–Crippen MR) is 97.3 cm³/mol. The number of carbonyl (C=O) groups excluding carboxylic acids is 1. The summed E-state index contributed by atoms with van der Waals surface area (Å²) in [4.78, 5) is 18.3. The summed E-state index contributed by atoms with van der Waals surface area (Å²) in [6.07, 6.45) is 0. The number of aryl methyl sites for hydroxylation is 1. The molecule has 1 saturated heterocycles. The Kier molecular flexibility index (Phi) is 6.05. The SMILES string of the molecule is COc1ccc(-c2nc(C[S@@](=O)CC(=O)N3CCOCC3)c(C)o2)cc1. The lowest BCUT2D eigenvalue weighted by Crippen LogP contribution is -2.42. The Morgan fingerprint density at radius 3 is 2.62 bits per heavy atom. The molecule has 1 aliphatic heterocycles. The van der Waals surface area contributed by atoms with Gasteiger partial charge in [0.2, 0.25) is 11.8 Å². The van der Waals surface area contributed by atoms with Crippen molar-refractivity contribution in [1.82, 2.24) is 9.88 Å². The summed E-state index contributed by atoms with van der Waals surface area (Å²) in [5.41, 5.74) is 1.43. The number of oxazole rings is 1. The number of ether oxygens (including phenoxy) is 2. The summed E-state index contributed by atoms with van der Waals surface area (Å²) < 4.78 is 28.4. The third-order valence-electron chi connectivity index (χ3n) is 4.18. The molecule has 26 heavy (non-hydrogen) atoms. The van der Waals surface area contributed by atoms with Crippen molar-refractivity contribution in [2.45, 2.75) is 12.7 Å². The molecule has 2 heterocycles. The van der Waals surface area contributed by atoms with Crippen molar-refractivity contribution in [3.05, 3.63) is 35.7 Å². The maximum Gasteiger partial charge on any atom is 0.235 e. The van der Waals surface area contributed by atoms with Crippen LogP contribution in [-0.4, -0.2) is 59.2 Å². The largest absolute Gasteiger partial charge is 0.497 e. The number of amides is 1. The van der Waals surface area contributed by atoms with Gasteiger partial charge in [0.25, 0.3) is 0 Å². The summed E-state index contributed by atoms with van der Waals surface area (Å²) in [6.45, 7) is 3.97. The highest BCUT2D eigenvalue weighted by molar-refractivity contribution is 7.84. The summed E-state index contributed by atoms with van der Waals surface area (Å²) in [5.74, 6) is 1.91. The van der Waals surface area contributed by atoms with E-state index in [1.165, 1.54) is 0 Å². The number of benzene rings is 1. The van der Waals surface area contributed by atoms with Gasteiger partial charge in [-0.15, -0.1) is 0 Å². The maximum atomic E-state index is 12.4. The van der Waals surface area contributed by atoms with Crippen molar-refractivity contribution in [1.29, 1.82) is 0 Å². The minimum atomic E-state index is -1.34. The van der Waals surface area contributed by atoms with Gasteiger partial charge in [0.1, 0.15) is 17.3 Å². The number of nitrogens with zero attached hydrogens (tertiary/aromatic N) is 2.